The Morgan fingerprint density at radius 3 is 2.44 bits per heavy atom. The van der Waals surface area contributed by atoms with Gasteiger partial charge in [0.15, 0.2) is 0 Å². The predicted molar refractivity (Wildman–Crippen MR) is 121 cm³/mol. The van der Waals surface area contributed by atoms with Gasteiger partial charge in [-0.15, -0.1) is 0 Å². The summed E-state index contributed by atoms with van der Waals surface area (Å²) in [4.78, 5) is 36.4. The van der Waals surface area contributed by atoms with E-state index in [0.717, 1.165) is 47.7 Å². The minimum Gasteiger partial charge on any atom is -0.352 e. The van der Waals surface area contributed by atoms with Crippen molar-refractivity contribution in [3.63, 3.8) is 0 Å². The van der Waals surface area contributed by atoms with Gasteiger partial charge in [0.2, 0.25) is 11.8 Å². The van der Waals surface area contributed by atoms with Crippen molar-refractivity contribution >= 4 is 11.8 Å². The lowest BCUT2D eigenvalue weighted by Gasteiger charge is -2.33. The maximum atomic E-state index is 13.0. The molecule has 0 saturated carbocycles. The Morgan fingerprint density at radius 2 is 1.81 bits per heavy atom. The maximum Gasteiger partial charge on any atom is 0.224 e. The van der Waals surface area contributed by atoms with E-state index in [0.29, 0.717) is 25.4 Å². The van der Waals surface area contributed by atoms with Gasteiger partial charge in [0, 0.05) is 48.9 Å². The number of halogens is 1. The summed E-state index contributed by atoms with van der Waals surface area (Å²) in [6, 6.07) is 6.07. The number of nitrogens with zero attached hydrogens (tertiary/aromatic N) is 3. The Balaban J connectivity index is 1.63. The molecule has 1 aliphatic heterocycles. The zero-order chi connectivity index (χ0) is 23.3. The summed E-state index contributed by atoms with van der Waals surface area (Å²) in [5, 5.41) is 2.87. The van der Waals surface area contributed by atoms with E-state index in [4.69, 9.17) is 9.97 Å². The van der Waals surface area contributed by atoms with E-state index >= 15 is 0 Å². The second-order valence-corrected chi connectivity index (χ2v) is 9.09. The quantitative estimate of drug-likeness (QED) is 0.710. The molecule has 2 aromatic rings. The summed E-state index contributed by atoms with van der Waals surface area (Å²) >= 11 is 0. The SMILES string of the molecule is Cc1nc([C@H]2CCCN(C(=O)CC(C)C)C2)nc(C)c1CC(=O)NCc1ccc(F)cc1. The molecular weight excluding hydrogens is 407 g/mol. The van der Waals surface area contributed by atoms with Crippen molar-refractivity contribution in [1.29, 1.82) is 0 Å². The van der Waals surface area contributed by atoms with Gasteiger partial charge in [0.1, 0.15) is 11.6 Å². The van der Waals surface area contributed by atoms with Gasteiger partial charge in [0.25, 0.3) is 0 Å². The number of aryl methyl sites for hydroxylation is 2. The van der Waals surface area contributed by atoms with E-state index in [9.17, 15) is 14.0 Å². The molecule has 2 amide bonds. The van der Waals surface area contributed by atoms with E-state index in [1.807, 2.05) is 18.7 Å². The normalized spacial score (nSPS) is 16.3. The summed E-state index contributed by atoms with van der Waals surface area (Å²) in [6.07, 6.45) is 2.67. The van der Waals surface area contributed by atoms with Gasteiger partial charge in [-0.1, -0.05) is 26.0 Å². The second-order valence-electron chi connectivity index (χ2n) is 9.09. The number of carbonyl (C=O) groups excluding carboxylic acids is 2. The van der Waals surface area contributed by atoms with Crippen molar-refractivity contribution in [3.8, 4) is 0 Å². The molecule has 6 nitrogen and oxygen atoms in total. The first kappa shape index (κ1) is 23.8. The Morgan fingerprint density at radius 1 is 1.16 bits per heavy atom. The number of likely N-dealkylation sites (tertiary alicyclic amines) is 1. The van der Waals surface area contributed by atoms with Crippen molar-refractivity contribution in [3.05, 3.63) is 58.4 Å². The molecule has 172 valence electrons. The van der Waals surface area contributed by atoms with Crippen molar-refractivity contribution < 1.29 is 14.0 Å². The van der Waals surface area contributed by atoms with Crippen LogP contribution in [0.2, 0.25) is 0 Å². The molecule has 0 bridgehead atoms. The van der Waals surface area contributed by atoms with E-state index < -0.39 is 0 Å². The summed E-state index contributed by atoms with van der Waals surface area (Å²) in [6.45, 7) is 9.73. The molecule has 7 heteroatoms. The van der Waals surface area contributed by atoms with Crippen molar-refractivity contribution in [1.82, 2.24) is 20.2 Å². The Bertz CT molecular complexity index is 936. The number of nitrogens with one attached hydrogen (secondary N) is 1. The Labute approximate surface area is 189 Å². The van der Waals surface area contributed by atoms with Gasteiger partial charge in [-0.2, -0.15) is 0 Å². The van der Waals surface area contributed by atoms with E-state index in [2.05, 4.69) is 19.2 Å². The summed E-state index contributed by atoms with van der Waals surface area (Å²) in [7, 11) is 0. The van der Waals surface area contributed by atoms with E-state index in [1.54, 1.807) is 12.1 Å². The number of hydrogen-bond donors (Lipinski definition) is 1. The minimum atomic E-state index is -0.297. The van der Waals surface area contributed by atoms with Crippen LogP contribution in [0.4, 0.5) is 4.39 Å². The molecule has 1 aliphatic rings. The lowest BCUT2D eigenvalue weighted by atomic mass is 9.95. The van der Waals surface area contributed by atoms with Crippen LogP contribution in [0.1, 0.15) is 67.4 Å². The zero-order valence-corrected chi connectivity index (χ0v) is 19.4. The fraction of sp³-hybridized carbons (Fsp3) is 0.520. The molecule has 1 saturated heterocycles. The molecule has 0 aliphatic carbocycles. The number of rotatable bonds is 7. The highest BCUT2D eigenvalue weighted by Gasteiger charge is 2.27. The molecule has 1 atom stereocenters. The van der Waals surface area contributed by atoms with Gasteiger partial charge in [-0.25, -0.2) is 14.4 Å². The molecule has 2 heterocycles. The Kier molecular flexibility index (Phi) is 7.94. The standard InChI is InChI=1S/C25H33FN4O2/c1-16(2)12-24(32)30-11-5-6-20(15-30)25-28-17(3)22(18(4)29-25)13-23(31)27-14-19-7-9-21(26)10-8-19/h7-10,16,20H,5-6,11-15H2,1-4H3,(H,27,31)/t20-/m0/s1. The summed E-state index contributed by atoms with van der Waals surface area (Å²) < 4.78 is 13.0. The molecule has 0 spiro atoms. The van der Waals surface area contributed by atoms with Crippen LogP contribution in [0.15, 0.2) is 24.3 Å². The minimum absolute atomic E-state index is 0.124. The average Bonchev–Trinajstić information content (AvgIpc) is 2.75. The van der Waals surface area contributed by atoms with Crippen molar-refractivity contribution in [2.45, 2.75) is 65.8 Å². The predicted octanol–water partition coefficient (Wildman–Crippen LogP) is 3.84. The highest BCUT2D eigenvalue weighted by atomic mass is 19.1. The molecule has 32 heavy (non-hydrogen) atoms. The molecule has 1 aromatic heterocycles. The third-order valence-corrected chi connectivity index (χ3v) is 5.90. The summed E-state index contributed by atoms with van der Waals surface area (Å²) in [5.41, 5.74) is 3.27. The molecule has 1 aromatic carbocycles. The molecule has 1 fully saturated rings. The first-order chi connectivity index (χ1) is 15.2. The van der Waals surface area contributed by atoms with Gasteiger partial charge in [-0.05, 0) is 50.3 Å². The van der Waals surface area contributed by atoms with Gasteiger partial charge < -0.3 is 10.2 Å². The zero-order valence-electron chi connectivity index (χ0n) is 19.4. The van der Waals surface area contributed by atoms with Crippen LogP contribution in [-0.4, -0.2) is 39.8 Å². The van der Waals surface area contributed by atoms with Crippen LogP contribution >= 0.6 is 0 Å². The Hall–Kier alpha value is -2.83. The largest absolute Gasteiger partial charge is 0.352 e. The van der Waals surface area contributed by atoms with E-state index in [-0.39, 0.29) is 30.0 Å². The lowest BCUT2D eigenvalue weighted by molar-refractivity contribution is -0.133. The third-order valence-electron chi connectivity index (χ3n) is 5.90. The first-order valence-electron chi connectivity index (χ1n) is 11.4. The van der Waals surface area contributed by atoms with E-state index in [1.165, 1.54) is 12.1 Å². The van der Waals surface area contributed by atoms with Gasteiger partial charge >= 0.3 is 0 Å². The molecule has 0 radical (unpaired) electrons. The number of hydrogen-bond acceptors (Lipinski definition) is 4. The van der Waals surface area contributed by atoms with Crippen LogP contribution in [0, 0.1) is 25.6 Å². The number of amides is 2. The maximum absolute atomic E-state index is 13.0. The molecule has 0 unspecified atom stereocenters. The van der Waals surface area contributed by atoms with Crippen LogP contribution < -0.4 is 5.32 Å². The second kappa shape index (κ2) is 10.7. The summed E-state index contributed by atoms with van der Waals surface area (Å²) in [5.74, 6) is 1.01. The van der Waals surface area contributed by atoms with Crippen LogP contribution in [-0.2, 0) is 22.6 Å². The molecule has 3 rings (SSSR count). The van der Waals surface area contributed by atoms with Gasteiger partial charge in [0.05, 0.1) is 6.42 Å². The number of carbonyl (C=O) groups is 2. The fourth-order valence-corrected chi connectivity index (χ4v) is 4.12. The smallest absolute Gasteiger partial charge is 0.224 e. The van der Waals surface area contributed by atoms with Crippen LogP contribution in [0.5, 0.6) is 0 Å². The van der Waals surface area contributed by atoms with Crippen LogP contribution in [0.25, 0.3) is 0 Å². The van der Waals surface area contributed by atoms with Gasteiger partial charge in [-0.3, -0.25) is 9.59 Å². The molecule has 1 N–H and O–H groups in total. The topological polar surface area (TPSA) is 75.2 Å². The third kappa shape index (κ3) is 6.34. The fourth-order valence-electron chi connectivity index (χ4n) is 4.12. The van der Waals surface area contributed by atoms with Crippen molar-refractivity contribution in [2.24, 2.45) is 5.92 Å². The van der Waals surface area contributed by atoms with Crippen LogP contribution in [0.3, 0.4) is 0 Å². The monoisotopic (exact) mass is 440 g/mol. The first-order valence-corrected chi connectivity index (χ1v) is 11.4. The number of piperidine rings is 1. The highest BCUT2D eigenvalue weighted by molar-refractivity contribution is 5.79. The average molecular weight is 441 g/mol. The van der Waals surface area contributed by atoms with Crippen molar-refractivity contribution in [2.75, 3.05) is 13.1 Å². The number of benzene rings is 1. The highest BCUT2D eigenvalue weighted by Crippen LogP contribution is 2.27. The number of aromatic nitrogens is 2. The molecular formula is C25H33FN4O2. The lowest BCUT2D eigenvalue weighted by Crippen LogP contribution is -2.40.